The Labute approximate surface area is 136 Å². The first kappa shape index (κ1) is 14.3. The van der Waals surface area contributed by atoms with Gasteiger partial charge in [-0.25, -0.2) is 0 Å². The van der Waals surface area contributed by atoms with Gasteiger partial charge in [0.05, 0.1) is 6.10 Å². The third kappa shape index (κ3) is 2.49. The number of ether oxygens (including phenoxy) is 1. The average molecular weight is 304 g/mol. The van der Waals surface area contributed by atoms with Crippen LogP contribution in [0.15, 0.2) is 65.1 Å². The maximum Gasteiger partial charge on any atom is 0.142 e. The van der Waals surface area contributed by atoms with Crippen LogP contribution in [0.1, 0.15) is 30.3 Å². The van der Waals surface area contributed by atoms with Crippen molar-refractivity contribution in [3.63, 3.8) is 0 Å². The molecule has 0 fully saturated rings. The molecule has 1 aromatic heterocycles. The van der Waals surface area contributed by atoms with E-state index < -0.39 is 0 Å². The molecule has 2 heteroatoms. The zero-order valence-electron chi connectivity index (χ0n) is 13.3. The van der Waals surface area contributed by atoms with Gasteiger partial charge in [-0.05, 0) is 18.4 Å². The molecule has 1 aliphatic rings. The highest BCUT2D eigenvalue weighted by Crippen LogP contribution is 2.46. The zero-order chi connectivity index (χ0) is 15.6. The Morgan fingerprint density at radius 3 is 2.22 bits per heavy atom. The van der Waals surface area contributed by atoms with Crippen molar-refractivity contribution < 1.29 is 9.15 Å². The Kier molecular flexibility index (Phi) is 3.76. The smallest absolute Gasteiger partial charge is 0.142 e. The van der Waals surface area contributed by atoms with E-state index in [0.717, 1.165) is 36.3 Å². The molecule has 0 bridgehead atoms. The lowest BCUT2D eigenvalue weighted by molar-refractivity contribution is 0.0862. The number of hydrogen-bond acceptors (Lipinski definition) is 2. The molecule has 0 spiro atoms. The average Bonchev–Trinajstić information content (AvgIpc) is 3.03. The van der Waals surface area contributed by atoms with Crippen molar-refractivity contribution in [1.29, 1.82) is 0 Å². The molecular formula is C21H20O2. The van der Waals surface area contributed by atoms with Gasteiger partial charge in [0.2, 0.25) is 0 Å². The van der Waals surface area contributed by atoms with Crippen molar-refractivity contribution in [2.45, 2.75) is 25.4 Å². The second-order valence-electron chi connectivity index (χ2n) is 5.99. The molecule has 1 aliphatic carbocycles. The van der Waals surface area contributed by atoms with E-state index in [4.69, 9.17) is 9.15 Å². The summed E-state index contributed by atoms with van der Waals surface area (Å²) in [5.74, 6) is 2.05. The standard InChI is InChI=1S/C21H20O2/c1-22-17-13-8-14-18-20(17)19(15-9-4-2-5-10-15)21(23-18)16-11-6-3-7-12-16/h2-7,9-12,17H,8,13-14H2,1H3. The second-order valence-corrected chi connectivity index (χ2v) is 5.99. The molecule has 4 rings (SSSR count). The van der Waals surface area contributed by atoms with Gasteiger partial charge in [0.15, 0.2) is 0 Å². The SMILES string of the molecule is COC1CCCc2oc(-c3ccccc3)c(-c3ccccc3)c21. The molecule has 3 aromatic rings. The fraction of sp³-hybridized carbons (Fsp3) is 0.238. The van der Waals surface area contributed by atoms with Crippen LogP contribution < -0.4 is 0 Å². The van der Waals surface area contributed by atoms with Gasteiger partial charge >= 0.3 is 0 Å². The van der Waals surface area contributed by atoms with E-state index in [-0.39, 0.29) is 6.10 Å². The summed E-state index contributed by atoms with van der Waals surface area (Å²) >= 11 is 0. The highest BCUT2D eigenvalue weighted by Gasteiger charge is 2.30. The van der Waals surface area contributed by atoms with Gasteiger partial charge in [0.25, 0.3) is 0 Å². The van der Waals surface area contributed by atoms with Gasteiger partial charge in [-0.15, -0.1) is 0 Å². The third-order valence-electron chi connectivity index (χ3n) is 4.60. The number of methoxy groups -OCH3 is 1. The van der Waals surface area contributed by atoms with Gasteiger partial charge in [0, 0.05) is 30.2 Å². The molecule has 2 nitrogen and oxygen atoms in total. The van der Waals surface area contributed by atoms with Crippen molar-refractivity contribution in [3.05, 3.63) is 72.0 Å². The van der Waals surface area contributed by atoms with Gasteiger partial charge in [-0.2, -0.15) is 0 Å². The summed E-state index contributed by atoms with van der Waals surface area (Å²) in [7, 11) is 1.80. The Bertz CT molecular complexity index is 787. The lowest BCUT2D eigenvalue weighted by Gasteiger charge is -2.21. The zero-order valence-corrected chi connectivity index (χ0v) is 13.3. The van der Waals surface area contributed by atoms with E-state index in [2.05, 4.69) is 48.5 Å². The van der Waals surface area contributed by atoms with Gasteiger partial charge in [-0.1, -0.05) is 60.7 Å². The van der Waals surface area contributed by atoms with Crippen LogP contribution in [0.2, 0.25) is 0 Å². The van der Waals surface area contributed by atoms with Gasteiger partial charge in [0.1, 0.15) is 11.5 Å². The summed E-state index contributed by atoms with van der Waals surface area (Å²) < 4.78 is 12.1. The predicted octanol–water partition coefficient (Wildman–Crippen LogP) is 5.64. The maximum atomic E-state index is 6.33. The summed E-state index contributed by atoms with van der Waals surface area (Å²) in [5.41, 5.74) is 4.75. The highest BCUT2D eigenvalue weighted by molar-refractivity contribution is 5.83. The minimum absolute atomic E-state index is 0.121. The fourth-order valence-corrected chi connectivity index (χ4v) is 3.53. The van der Waals surface area contributed by atoms with Crippen LogP contribution in [0.3, 0.4) is 0 Å². The molecular weight excluding hydrogens is 284 g/mol. The summed E-state index contributed by atoms with van der Waals surface area (Å²) in [6, 6.07) is 20.9. The van der Waals surface area contributed by atoms with Gasteiger partial charge in [-0.3, -0.25) is 0 Å². The first-order chi connectivity index (χ1) is 11.4. The quantitative estimate of drug-likeness (QED) is 0.625. The van der Waals surface area contributed by atoms with Crippen molar-refractivity contribution >= 4 is 0 Å². The first-order valence-electron chi connectivity index (χ1n) is 8.17. The molecule has 0 aliphatic heterocycles. The Balaban J connectivity index is 1.98. The van der Waals surface area contributed by atoms with Crippen LogP contribution in [-0.2, 0) is 11.2 Å². The predicted molar refractivity (Wildman–Crippen MR) is 92.3 cm³/mol. The van der Waals surface area contributed by atoms with Crippen LogP contribution >= 0.6 is 0 Å². The number of hydrogen-bond donors (Lipinski definition) is 0. The number of aryl methyl sites for hydroxylation is 1. The van der Waals surface area contributed by atoms with E-state index >= 15 is 0 Å². The fourth-order valence-electron chi connectivity index (χ4n) is 3.53. The molecule has 1 heterocycles. The van der Waals surface area contributed by atoms with Crippen molar-refractivity contribution in [2.75, 3.05) is 7.11 Å². The molecule has 1 unspecified atom stereocenters. The normalized spacial score (nSPS) is 17.0. The van der Waals surface area contributed by atoms with Crippen molar-refractivity contribution in [3.8, 4) is 22.5 Å². The minimum Gasteiger partial charge on any atom is -0.460 e. The van der Waals surface area contributed by atoms with E-state index in [9.17, 15) is 0 Å². The highest BCUT2D eigenvalue weighted by atomic mass is 16.5. The van der Waals surface area contributed by atoms with Crippen LogP contribution in [0.25, 0.3) is 22.5 Å². The van der Waals surface area contributed by atoms with E-state index in [1.807, 2.05) is 12.1 Å². The Morgan fingerprint density at radius 2 is 1.57 bits per heavy atom. The third-order valence-corrected chi connectivity index (χ3v) is 4.60. The number of rotatable bonds is 3. The van der Waals surface area contributed by atoms with Crippen molar-refractivity contribution in [1.82, 2.24) is 0 Å². The number of furan rings is 1. The first-order valence-corrected chi connectivity index (χ1v) is 8.17. The second kappa shape index (κ2) is 6.05. The molecule has 23 heavy (non-hydrogen) atoms. The molecule has 0 N–H and O–H groups in total. The Morgan fingerprint density at radius 1 is 0.913 bits per heavy atom. The molecule has 1 atom stereocenters. The summed E-state index contributed by atoms with van der Waals surface area (Å²) in [4.78, 5) is 0. The van der Waals surface area contributed by atoms with E-state index in [1.165, 1.54) is 16.7 Å². The summed E-state index contributed by atoms with van der Waals surface area (Å²) in [6.07, 6.45) is 3.27. The topological polar surface area (TPSA) is 22.4 Å². The Hall–Kier alpha value is -2.32. The molecule has 0 saturated carbocycles. The lowest BCUT2D eigenvalue weighted by atomic mass is 9.88. The van der Waals surface area contributed by atoms with Gasteiger partial charge < -0.3 is 9.15 Å². The maximum absolute atomic E-state index is 6.33. The molecule has 2 aromatic carbocycles. The monoisotopic (exact) mass is 304 g/mol. The number of fused-ring (bicyclic) bond motifs is 1. The molecule has 0 amide bonds. The van der Waals surface area contributed by atoms with E-state index in [1.54, 1.807) is 7.11 Å². The summed E-state index contributed by atoms with van der Waals surface area (Å²) in [6.45, 7) is 0. The summed E-state index contributed by atoms with van der Waals surface area (Å²) in [5, 5.41) is 0. The van der Waals surface area contributed by atoms with E-state index in [0.29, 0.717) is 0 Å². The van der Waals surface area contributed by atoms with Crippen LogP contribution in [0.5, 0.6) is 0 Å². The molecule has 0 radical (unpaired) electrons. The van der Waals surface area contributed by atoms with Crippen LogP contribution in [-0.4, -0.2) is 7.11 Å². The molecule has 116 valence electrons. The minimum atomic E-state index is 0.121. The largest absolute Gasteiger partial charge is 0.460 e. The van der Waals surface area contributed by atoms with Crippen LogP contribution in [0.4, 0.5) is 0 Å². The van der Waals surface area contributed by atoms with Crippen molar-refractivity contribution in [2.24, 2.45) is 0 Å². The number of benzene rings is 2. The van der Waals surface area contributed by atoms with Crippen LogP contribution in [0, 0.1) is 0 Å². The molecule has 0 saturated heterocycles. The lowest BCUT2D eigenvalue weighted by Crippen LogP contribution is -2.10.